The molecular weight excluding hydrogens is 543 g/mol. The molecule has 0 amide bonds. The van der Waals surface area contributed by atoms with Crippen LogP contribution in [-0.4, -0.2) is 25.0 Å². The summed E-state index contributed by atoms with van der Waals surface area (Å²) >= 11 is 6.29. The van der Waals surface area contributed by atoms with Gasteiger partial charge < -0.3 is 4.74 Å². The molecular formula is C28H23ClN2O5PS+. The second kappa shape index (κ2) is 10.9. The SMILES string of the molecule is CCOC(=O)c1c([P+](=O)c2cc(C)c(C)c(C=CC#N)c2)c2cc(Cl)ccc2n1S(=O)(=O)c1ccccc1. The van der Waals surface area contributed by atoms with E-state index in [1.54, 1.807) is 43.3 Å². The van der Waals surface area contributed by atoms with Crippen molar-refractivity contribution in [1.82, 2.24) is 3.97 Å². The van der Waals surface area contributed by atoms with Gasteiger partial charge in [-0.1, -0.05) is 34.4 Å². The molecule has 38 heavy (non-hydrogen) atoms. The molecule has 0 aliphatic rings. The summed E-state index contributed by atoms with van der Waals surface area (Å²) in [7, 11) is -6.82. The lowest BCUT2D eigenvalue weighted by atomic mass is 10.0. The van der Waals surface area contributed by atoms with Crippen LogP contribution in [0.15, 0.2) is 71.6 Å². The lowest BCUT2D eigenvalue weighted by molar-refractivity contribution is 0.0520. The van der Waals surface area contributed by atoms with Gasteiger partial charge in [-0.3, -0.25) is 0 Å². The number of carbonyl (C=O) groups is 1. The number of nitriles is 1. The van der Waals surface area contributed by atoms with Gasteiger partial charge in [-0.05, 0) is 86.0 Å². The molecule has 0 aliphatic heterocycles. The third-order valence-corrected chi connectivity index (χ3v) is 9.63. The van der Waals surface area contributed by atoms with Crippen LogP contribution in [0.25, 0.3) is 17.0 Å². The molecule has 0 radical (unpaired) electrons. The van der Waals surface area contributed by atoms with Crippen molar-refractivity contribution < 1.29 is 22.5 Å². The fourth-order valence-corrected chi connectivity index (χ4v) is 7.55. The van der Waals surface area contributed by atoms with Gasteiger partial charge in [0, 0.05) is 11.1 Å². The predicted octanol–water partition coefficient (Wildman–Crippen LogP) is 5.64. The van der Waals surface area contributed by atoms with Crippen molar-refractivity contribution in [3.8, 4) is 6.07 Å². The molecule has 0 bridgehead atoms. The minimum Gasteiger partial charge on any atom is -0.461 e. The van der Waals surface area contributed by atoms with Crippen LogP contribution in [0.1, 0.15) is 34.1 Å². The third kappa shape index (κ3) is 4.89. The molecule has 0 N–H and O–H groups in total. The zero-order valence-electron chi connectivity index (χ0n) is 20.8. The van der Waals surface area contributed by atoms with Crippen molar-refractivity contribution in [3.63, 3.8) is 0 Å². The largest absolute Gasteiger partial charge is 0.461 e. The smallest absolute Gasteiger partial charge is 0.418 e. The van der Waals surface area contributed by atoms with Crippen molar-refractivity contribution >= 4 is 63.0 Å². The first-order valence-corrected chi connectivity index (χ1v) is 14.7. The Kier molecular flexibility index (Phi) is 7.84. The van der Waals surface area contributed by atoms with Crippen molar-refractivity contribution in [2.75, 3.05) is 6.61 Å². The summed E-state index contributed by atoms with van der Waals surface area (Å²) < 4.78 is 48.2. The minimum atomic E-state index is -4.31. The van der Waals surface area contributed by atoms with E-state index in [1.165, 1.54) is 36.4 Å². The second-order valence-corrected chi connectivity index (χ2v) is 12.2. The highest BCUT2D eigenvalue weighted by Crippen LogP contribution is 2.35. The summed E-state index contributed by atoms with van der Waals surface area (Å²) in [5.41, 5.74) is 2.20. The quantitative estimate of drug-likeness (QED) is 0.163. The zero-order chi connectivity index (χ0) is 27.6. The fourth-order valence-electron chi connectivity index (χ4n) is 4.16. The highest BCUT2D eigenvalue weighted by atomic mass is 35.5. The van der Waals surface area contributed by atoms with E-state index in [9.17, 15) is 17.8 Å². The highest BCUT2D eigenvalue weighted by Gasteiger charge is 2.41. The van der Waals surface area contributed by atoms with Gasteiger partial charge in [-0.25, -0.2) is 17.2 Å². The zero-order valence-corrected chi connectivity index (χ0v) is 23.3. The number of ether oxygens (including phenoxy) is 1. The number of hydrogen-bond acceptors (Lipinski definition) is 6. The first kappa shape index (κ1) is 27.3. The molecule has 3 aromatic carbocycles. The molecule has 0 aliphatic carbocycles. The van der Waals surface area contributed by atoms with Crippen LogP contribution in [-0.2, 0) is 19.3 Å². The average molecular weight is 566 g/mol. The summed E-state index contributed by atoms with van der Waals surface area (Å²) in [5.74, 6) is -0.925. The Morgan fingerprint density at radius 1 is 1.13 bits per heavy atom. The normalized spacial score (nSPS) is 12.0. The number of hydrogen-bond donors (Lipinski definition) is 0. The van der Waals surface area contributed by atoms with Gasteiger partial charge in [0.05, 0.1) is 28.5 Å². The molecule has 7 nitrogen and oxygen atoms in total. The van der Waals surface area contributed by atoms with Crippen LogP contribution < -0.4 is 10.6 Å². The summed E-state index contributed by atoms with van der Waals surface area (Å²) in [6.45, 7) is 5.31. The molecule has 1 heterocycles. The Hall–Kier alpha value is -3.76. The Bertz CT molecular complexity index is 1770. The topological polar surface area (TPSA) is 106 Å². The summed E-state index contributed by atoms with van der Waals surface area (Å²) in [5, 5.41) is 9.90. The number of esters is 1. The van der Waals surface area contributed by atoms with Gasteiger partial charge in [-0.2, -0.15) is 5.26 Å². The summed E-state index contributed by atoms with van der Waals surface area (Å²) in [4.78, 5) is 13.3. The van der Waals surface area contributed by atoms with E-state index in [2.05, 4.69) is 0 Å². The Labute approximate surface area is 226 Å². The van der Waals surface area contributed by atoms with Gasteiger partial charge in [-0.15, -0.1) is 0 Å². The van der Waals surface area contributed by atoms with E-state index in [0.29, 0.717) is 10.9 Å². The van der Waals surface area contributed by atoms with Crippen molar-refractivity contribution in [2.45, 2.75) is 25.7 Å². The van der Waals surface area contributed by atoms with Crippen molar-refractivity contribution in [3.05, 3.63) is 94.1 Å². The molecule has 192 valence electrons. The number of allylic oxidation sites excluding steroid dienone is 1. The van der Waals surface area contributed by atoms with Gasteiger partial charge in [0.1, 0.15) is 0 Å². The number of benzene rings is 3. The number of aromatic nitrogens is 1. The standard InChI is InChI=1S/C28H23ClN2O5PS/c1-4-36-28(32)26-27(37(33)22-15-18(2)19(3)20(16-22)9-8-14-30)24-17-21(29)12-13-25(24)31(26)38(34,35)23-10-6-5-7-11-23/h5-13,15-17H,4H2,1-3H3/q+1. The molecule has 4 rings (SSSR count). The lowest BCUT2D eigenvalue weighted by Crippen LogP contribution is -2.25. The fraction of sp³-hybridized carbons (Fsp3) is 0.143. The van der Waals surface area contributed by atoms with E-state index in [1.807, 2.05) is 19.9 Å². The molecule has 10 heteroatoms. The van der Waals surface area contributed by atoms with Gasteiger partial charge in [0.25, 0.3) is 10.0 Å². The molecule has 0 saturated heterocycles. The van der Waals surface area contributed by atoms with E-state index in [0.717, 1.165) is 15.1 Å². The van der Waals surface area contributed by atoms with Crippen LogP contribution in [0.4, 0.5) is 0 Å². The van der Waals surface area contributed by atoms with Crippen LogP contribution in [0, 0.1) is 25.2 Å². The Balaban J connectivity index is 2.11. The minimum absolute atomic E-state index is 0.00826. The van der Waals surface area contributed by atoms with E-state index in [-0.39, 0.29) is 38.4 Å². The number of rotatable bonds is 7. The molecule has 1 unspecified atom stereocenters. The van der Waals surface area contributed by atoms with Crippen LogP contribution >= 0.6 is 19.4 Å². The number of aryl methyl sites for hydroxylation is 1. The Morgan fingerprint density at radius 3 is 2.50 bits per heavy atom. The lowest BCUT2D eigenvalue weighted by Gasteiger charge is -2.11. The van der Waals surface area contributed by atoms with E-state index in [4.69, 9.17) is 21.6 Å². The van der Waals surface area contributed by atoms with Crippen LogP contribution in [0.5, 0.6) is 0 Å². The third-order valence-electron chi connectivity index (χ3n) is 6.08. The van der Waals surface area contributed by atoms with Crippen molar-refractivity contribution in [1.29, 1.82) is 5.26 Å². The van der Waals surface area contributed by atoms with E-state index >= 15 is 0 Å². The molecule has 0 saturated carbocycles. The van der Waals surface area contributed by atoms with Gasteiger partial charge in [0.2, 0.25) is 5.30 Å². The molecule has 1 atom stereocenters. The first-order valence-electron chi connectivity index (χ1n) is 11.6. The van der Waals surface area contributed by atoms with E-state index < -0.39 is 23.8 Å². The molecule has 1 aromatic heterocycles. The summed E-state index contributed by atoms with van der Waals surface area (Å²) in [6, 6.07) is 17.5. The Morgan fingerprint density at radius 2 is 1.84 bits per heavy atom. The second-order valence-electron chi connectivity index (χ2n) is 8.40. The number of halogens is 1. The number of carbonyl (C=O) groups excluding carboxylic acids is 1. The van der Waals surface area contributed by atoms with Crippen molar-refractivity contribution in [2.24, 2.45) is 0 Å². The average Bonchev–Trinajstić information content (AvgIpc) is 3.24. The maximum Gasteiger partial charge on any atom is 0.418 e. The van der Waals surface area contributed by atoms with Gasteiger partial charge in [0.15, 0.2) is 11.0 Å². The van der Waals surface area contributed by atoms with Gasteiger partial charge >= 0.3 is 13.8 Å². The molecule has 4 aromatic rings. The molecule has 0 fully saturated rings. The van der Waals surface area contributed by atoms with Crippen LogP contribution in [0.3, 0.4) is 0 Å². The maximum atomic E-state index is 14.3. The predicted molar refractivity (Wildman–Crippen MR) is 149 cm³/mol. The number of fused-ring (bicyclic) bond motifs is 1. The monoisotopic (exact) mass is 565 g/mol. The summed E-state index contributed by atoms with van der Waals surface area (Å²) in [6.07, 6.45) is 2.93. The maximum absolute atomic E-state index is 14.3. The van der Waals surface area contributed by atoms with Crippen LogP contribution in [0.2, 0.25) is 5.02 Å². The number of nitrogens with zero attached hydrogens (tertiary/aromatic N) is 2. The first-order chi connectivity index (χ1) is 18.1. The molecule has 0 spiro atoms. The highest BCUT2D eigenvalue weighted by molar-refractivity contribution is 7.90.